The second kappa shape index (κ2) is 7.44. The molecule has 0 spiro atoms. The van der Waals surface area contributed by atoms with Crippen molar-refractivity contribution < 1.29 is 19.2 Å². The average Bonchev–Trinajstić information content (AvgIpc) is 2.91. The third-order valence-electron chi connectivity index (χ3n) is 5.72. The van der Waals surface area contributed by atoms with Gasteiger partial charge < -0.3 is 10.6 Å². The Morgan fingerprint density at radius 3 is 2.64 bits per heavy atom. The molecule has 28 heavy (non-hydrogen) atoms. The Bertz CT molecular complexity index is 853. The number of imide groups is 2. The summed E-state index contributed by atoms with van der Waals surface area (Å²) >= 11 is 0. The summed E-state index contributed by atoms with van der Waals surface area (Å²) in [5, 5.41) is 9.14. The van der Waals surface area contributed by atoms with Crippen molar-refractivity contribution in [3.8, 4) is 0 Å². The first-order chi connectivity index (χ1) is 13.4. The van der Waals surface area contributed by atoms with Crippen LogP contribution in [0.4, 0.5) is 0 Å². The summed E-state index contributed by atoms with van der Waals surface area (Å²) in [6, 6.07) is 5.20. The normalized spacial score (nSPS) is 27.8. The second-order valence-corrected chi connectivity index (χ2v) is 7.78. The fourth-order valence-electron chi connectivity index (χ4n) is 4.21. The van der Waals surface area contributed by atoms with Crippen molar-refractivity contribution >= 4 is 23.6 Å². The maximum absolute atomic E-state index is 12.8. The number of benzene rings is 1. The van der Waals surface area contributed by atoms with Crippen LogP contribution in [0.15, 0.2) is 18.2 Å². The molecule has 2 fully saturated rings. The van der Waals surface area contributed by atoms with E-state index in [1.54, 1.807) is 12.1 Å². The van der Waals surface area contributed by atoms with E-state index >= 15 is 0 Å². The SMILES string of the molecule is CC1CC(NCc2ccc3c(c2)C(=O)N(C2CCC(=O)NC2=O)C3=O)CCN1. The van der Waals surface area contributed by atoms with E-state index in [-0.39, 0.29) is 18.7 Å². The Balaban J connectivity index is 1.48. The molecule has 3 aliphatic heterocycles. The number of carbonyl (C=O) groups excluding carboxylic acids is 4. The van der Waals surface area contributed by atoms with Gasteiger partial charge in [-0.1, -0.05) is 6.07 Å². The van der Waals surface area contributed by atoms with Crippen LogP contribution in [0.2, 0.25) is 0 Å². The summed E-state index contributed by atoms with van der Waals surface area (Å²) < 4.78 is 0. The zero-order chi connectivity index (χ0) is 19.8. The molecule has 3 unspecified atom stereocenters. The molecular weight excluding hydrogens is 360 g/mol. The molecule has 1 aromatic rings. The lowest BCUT2D eigenvalue weighted by molar-refractivity contribution is -0.136. The Kier molecular flexibility index (Phi) is 4.99. The van der Waals surface area contributed by atoms with Crippen molar-refractivity contribution in [2.24, 2.45) is 0 Å². The number of nitrogens with zero attached hydrogens (tertiary/aromatic N) is 1. The van der Waals surface area contributed by atoms with Gasteiger partial charge in [-0.15, -0.1) is 0 Å². The molecular formula is C20H24N4O4. The van der Waals surface area contributed by atoms with Gasteiger partial charge in [0.05, 0.1) is 11.1 Å². The molecule has 8 nitrogen and oxygen atoms in total. The Hall–Kier alpha value is -2.58. The third-order valence-corrected chi connectivity index (χ3v) is 5.72. The minimum absolute atomic E-state index is 0.119. The highest BCUT2D eigenvalue weighted by molar-refractivity contribution is 6.23. The van der Waals surface area contributed by atoms with E-state index in [1.807, 2.05) is 6.07 Å². The first kappa shape index (κ1) is 18.8. The molecule has 4 rings (SSSR count). The maximum Gasteiger partial charge on any atom is 0.262 e. The fourth-order valence-corrected chi connectivity index (χ4v) is 4.21. The summed E-state index contributed by atoms with van der Waals surface area (Å²) in [6.45, 7) is 3.76. The molecule has 0 radical (unpaired) electrons. The Morgan fingerprint density at radius 1 is 1.11 bits per heavy atom. The molecule has 3 N–H and O–H groups in total. The molecule has 0 aromatic heterocycles. The molecule has 8 heteroatoms. The molecule has 3 atom stereocenters. The lowest BCUT2D eigenvalue weighted by Gasteiger charge is -2.28. The summed E-state index contributed by atoms with van der Waals surface area (Å²) in [5.74, 6) is -1.90. The molecule has 0 aliphatic carbocycles. The van der Waals surface area contributed by atoms with Gasteiger partial charge in [0.25, 0.3) is 11.8 Å². The van der Waals surface area contributed by atoms with Gasteiger partial charge in [0.2, 0.25) is 11.8 Å². The van der Waals surface area contributed by atoms with Crippen molar-refractivity contribution in [2.75, 3.05) is 6.54 Å². The number of nitrogens with one attached hydrogen (secondary N) is 3. The van der Waals surface area contributed by atoms with Crippen LogP contribution < -0.4 is 16.0 Å². The Labute approximate surface area is 163 Å². The molecule has 0 saturated carbocycles. The van der Waals surface area contributed by atoms with Gasteiger partial charge in [-0.3, -0.25) is 29.4 Å². The zero-order valence-electron chi connectivity index (χ0n) is 15.8. The quantitative estimate of drug-likeness (QED) is 0.646. The van der Waals surface area contributed by atoms with Gasteiger partial charge in [0.15, 0.2) is 0 Å². The fraction of sp³-hybridized carbons (Fsp3) is 0.500. The van der Waals surface area contributed by atoms with Gasteiger partial charge in [0, 0.05) is 25.0 Å². The van der Waals surface area contributed by atoms with E-state index in [9.17, 15) is 19.2 Å². The summed E-state index contributed by atoms with van der Waals surface area (Å²) in [7, 11) is 0. The van der Waals surface area contributed by atoms with Crippen molar-refractivity contribution in [3.63, 3.8) is 0 Å². The van der Waals surface area contributed by atoms with Crippen LogP contribution in [0.25, 0.3) is 0 Å². The number of hydrogen-bond donors (Lipinski definition) is 3. The highest BCUT2D eigenvalue weighted by Crippen LogP contribution is 2.28. The average molecular weight is 384 g/mol. The zero-order valence-corrected chi connectivity index (χ0v) is 15.8. The van der Waals surface area contributed by atoms with E-state index in [2.05, 4.69) is 22.9 Å². The van der Waals surface area contributed by atoms with E-state index < -0.39 is 23.8 Å². The van der Waals surface area contributed by atoms with Gasteiger partial charge in [-0.2, -0.15) is 0 Å². The lowest BCUT2D eigenvalue weighted by Crippen LogP contribution is -2.54. The number of hydrogen-bond acceptors (Lipinski definition) is 6. The monoisotopic (exact) mass is 384 g/mol. The van der Waals surface area contributed by atoms with Crippen molar-refractivity contribution in [1.82, 2.24) is 20.9 Å². The van der Waals surface area contributed by atoms with Gasteiger partial charge in [-0.25, -0.2) is 0 Å². The first-order valence-electron chi connectivity index (χ1n) is 9.75. The molecule has 148 valence electrons. The third kappa shape index (κ3) is 3.45. The summed E-state index contributed by atoms with van der Waals surface area (Å²) in [4.78, 5) is 50.0. The van der Waals surface area contributed by atoms with Crippen molar-refractivity contribution in [2.45, 2.75) is 57.3 Å². The van der Waals surface area contributed by atoms with E-state index in [1.165, 1.54) is 0 Å². The van der Waals surface area contributed by atoms with Crippen molar-refractivity contribution in [1.29, 1.82) is 0 Å². The summed E-state index contributed by atoms with van der Waals surface area (Å²) in [5.41, 5.74) is 1.57. The van der Waals surface area contributed by atoms with Crippen LogP contribution in [0.3, 0.4) is 0 Å². The summed E-state index contributed by atoms with van der Waals surface area (Å²) in [6.07, 6.45) is 2.38. The van der Waals surface area contributed by atoms with Crippen LogP contribution >= 0.6 is 0 Å². The van der Waals surface area contributed by atoms with Crippen LogP contribution in [0.5, 0.6) is 0 Å². The molecule has 0 bridgehead atoms. The molecule has 3 heterocycles. The van der Waals surface area contributed by atoms with Gasteiger partial charge in [-0.05, 0) is 50.4 Å². The van der Waals surface area contributed by atoms with E-state index in [4.69, 9.17) is 0 Å². The molecule has 3 aliphatic rings. The van der Waals surface area contributed by atoms with Crippen LogP contribution in [-0.2, 0) is 16.1 Å². The van der Waals surface area contributed by atoms with Crippen LogP contribution in [-0.4, -0.2) is 53.2 Å². The predicted octanol–water partition coefficient (Wildman–Crippen LogP) is 0.318. The topological polar surface area (TPSA) is 108 Å². The first-order valence-corrected chi connectivity index (χ1v) is 9.75. The van der Waals surface area contributed by atoms with Crippen molar-refractivity contribution in [3.05, 3.63) is 34.9 Å². The smallest absolute Gasteiger partial charge is 0.262 e. The number of carbonyl (C=O) groups is 4. The number of piperidine rings is 2. The number of rotatable bonds is 4. The molecule has 4 amide bonds. The number of amides is 4. The largest absolute Gasteiger partial charge is 0.314 e. The maximum atomic E-state index is 12.8. The van der Waals surface area contributed by atoms with Gasteiger partial charge in [0.1, 0.15) is 6.04 Å². The highest BCUT2D eigenvalue weighted by Gasteiger charge is 2.44. The predicted molar refractivity (Wildman–Crippen MR) is 100 cm³/mol. The minimum Gasteiger partial charge on any atom is -0.314 e. The molecule has 2 saturated heterocycles. The highest BCUT2D eigenvalue weighted by atomic mass is 16.2. The van der Waals surface area contributed by atoms with Crippen LogP contribution in [0, 0.1) is 0 Å². The van der Waals surface area contributed by atoms with E-state index in [0.29, 0.717) is 29.8 Å². The standard InChI is InChI=1S/C20H24N4O4/c1-11-8-13(6-7-21-11)22-10-12-2-3-14-15(9-12)20(28)24(19(14)27)16-4-5-17(25)23-18(16)26/h2-3,9,11,13,16,21-22H,4-8,10H2,1H3,(H,23,25,26). The van der Waals surface area contributed by atoms with Crippen LogP contribution in [0.1, 0.15) is 58.9 Å². The van der Waals surface area contributed by atoms with E-state index in [0.717, 1.165) is 29.8 Å². The van der Waals surface area contributed by atoms with Gasteiger partial charge >= 0.3 is 0 Å². The lowest BCUT2D eigenvalue weighted by atomic mass is 10.00. The molecule has 1 aromatic carbocycles. The number of fused-ring (bicyclic) bond motifs is 1. The Morgan fingerprint density at radius 2 is 1.89 bits per heavy atom. The minimum atomic E-state index is -0.928. The second-order valence-electron chi connectivity index (χ2n) is 7.78.